The van der Waals surface area contributed by atoms with Crippen molar-refractivity contribution in [1.29, 1.82) is 0 Å². The highest BCUT2D eigenvalue weighted by molar-refractivity contribution is 6.02. The van der Waals surface area contributed by atoms with Gasteiger partial charge in [0.25, 0.3) is 5.91 Å². The lowest BCUT2D eigenvalue weighted by molar-refractivity contribution is 0.102. The Morgan fingerprint density at radius 1 is 1.19 bits per heavy atom. The molecule has 0 fully saturated rings. The maximum Gasteiger partial charge on any atom is 0.275 e. The summed E-state index contributed by atoms with van der Waals surface area (Å²) in [5.41, 5.74) is 0.837. The molecule has 1 aromatic heterocycles. The summed E-state index contributed by atoms with van der Waals surface area (Å²) in [6.45, 7) is 0. The summed E-state index contributed by atoms with van der Waals surface area (Å²) in [5, 5.41) is 11.7. The van der Waals surface area contributed by atoms with E-state index in [9.17, 15) is 4.79 Å². The highest BCUT2D eigenvalue weighted by Crippen LogP contribution is 2.14. The minimum absolute atomic E-state index is 0.150. The number of phenols is 1. The molecule has 2 N–H and O–H groups in total. The average Bonchev–Trinajstić information content (AvgIpc) is 2.33. The van der Waals surface area contributed by atoms with Crippen LogP contribution in [0.4, 0.5) is 5.69 Å². The Bertz CT molecular complexity index is 482. The molecular weight excluding hydrogens is 206 g/mol. The summed E-state index contributed by atoms with van der Waals surface area (Å²) < 4.78 is 0. The second kappa shape index (κ2) is 4.39. The fraction of sp³-hybridized carbons (Fsp3) is 0. The Labute approximate surface area is 91.8 Å². The highest BCUT2D eigenvalue weighted by atomic mass is 16.3. The molecule has 0 atom stereocenters. The van der Waals surface area contributed by atoms with Gasteiger partial charge in [-0.05, 0) is 24.3 Å². The minimum atomic E-state index is -0.334. The summed E-state index contributed by atoms with van der Waals surface area (Å²) in [7, 11) is 0. The maximum absolute atomic E-state index is 11.6. The van der Waals surface area contributed by atoms with Gasteiger partial charge in [0.15, 0.2) is 0 Å². The van der Waals surface area contributed by atoms with Crippen LogP contribution in [0.25, 0.3) is 0 Å². The van der Waals surface area contributed by atoms with Crippen LogP contribution in [0, 0.1) is 0 Å². The number of benzene rings is 1. The Hall–Kier alpha value is -2.43. The number of carbonyl (C=O) groups excluding carboxylic acids is 1. The van der Waals surface area contributed by atoms with E-state index in [4.69, 9.17) is 5.11 Å². The van der Waals surface area contributed by atoms with Gasteiger partial charge in [-0.3, -0.25) is 9.78 Å². The second-order valence-corrected chi connectivity index (χ2v) is 3.09. The van der Waals surface area contributed by atoms with Crippen LogP contribution in [-0.2, 0) is 0 Å². The third-order valence-corrected chi connectivity index (χ3v) is 1.92. The minimum Gasteiger partial charge on any atom is -0.508 e. The smallest absolute Gasteiger partial charge is 0.275 e. The summed E-state index contributed by atoms with van der Waals surface area (Å²) >= 11 is 0. The van der Waals surface area contributed by atoms with Gasteiger partial charge in [0, 0.05) is 18.1 Å². The normalized spacial score (nSPS) is 9.75. The standard InChI is InChI=1S/C11H9N3O2/c15-9-3-1-8(2-4-9)14-11(16)10-7-12-5-6-13-10/h1-7,15H,(H,14,16). The summed E-state index contributed by atoms with van der Waals surface area (Å²) in [6, 6.07) is 6.19. The van der Waals surface area contributed by atoms with Gasteiger partial charge in [0.05, 0.1) is 6.20 Å². The quantitative estimate of drug-likeness (QED) is 0.743. The summed E-state index contributed by atoms with van der Waals surface area (Å²) in [5.74, 6) is -0.184. The second-order valence-electron chi connectivity index (χ2n) is 3.09. The Kier molecular flexibility index (Phi) is 2.77. The molecule has 5 nitrogen and oxygen atoms in total. The SMILES string of the molecule is O=C(Nc1ccc(O)cc1)c1cnccn1. The average molecular weight is 215 g/mol. The first-order valence-electron chi connectivity index (χ1n) is 4.62. The molecule has 0 aliphatic carbocycles. The zero-order valence-corrected chi connectivity index (χ0v) is 8.29. The van der Waals surface area contributed by atoms with Crippen LogP contribution in [0.5, 0.6) is 5.75 Å². The van der Waals surface area contributed by atoms with Crippen molar-refractivity contribution in [2.45, 2.75) is 0 Å². The lowest BCUT2D eigenvalue weighted by Crippen LogP contribution is -2.13. The fourth-order valence-corrected chi connectivity index (χ4v) is 1.16. The highest BCUT2D eigenvalue weighted by Gasteiger charge is 2.06. The molecule has 2 rings (SSSR count). The largest absolute Gasteiger partial charge is 0.508 e. The van der Waals surface area contributed by atoms with E-state index < -0.39 is 0 Å². The number of aromatic nitrogens is 2. The maximum atomic E-state index is 11.6. The Morgan fingerprint density at radius 3 is 2.56 bits per heavy atom. The summed E-state index contributed by atoms with van der Waals surface area (Å²) in [6.07, 6.45) is 4.33. The molecule has 80 valence electrons. The Morgan fingerprint density at radius 2 is 1.94 bits per heavy atom. The lowest BCUT2D eigenvalue weighted by atomic mass is 10.3. The van der Waals surface area contributed by atoms with Crippen LogP contribution in [0.15, 0.2) is 42.9 Å². The molecule has 16 heavy (non-hydrogen) atoms. The number of amides is 1. The van der Waals surface area contributed by atoms with E-state index in [1.165, 1.54) is 30.7 Å². The zero-order chi connectivity index (χ0) is 11.4. The number of hydrogen-bond acceptors (Lipinski definition) is 4. The third kappa shape index (κ3) is 2.33. The van der Waals surface area contributed by atoms with Crippen LogP contribution < -0.4 is 5.32 Å². The number of nitrogens with zero attached hydrogens (tertiary/aromatic N) is 2. The molecule has 1 amide bonds. The van der Waals surface area contributed by atoms with Crippen molar-refractivity contribution in [3.8, 4) is 5.75 Å². The molecule has 2 aromatic rings. The van der Waals surface area contributed by atoms with Crippen LogP contribution in [0.2, 0.25) is 0 Å². The van der Waals surface area contributed by atoms with E-state index in [2.05, 4.69) is 15.3 Å². The number of nitrogens with one attached hydrogen (secondary N) is 1. The third-order valence-electron chi connectivity index (χ3n) is 1.92. The Balaban J connectivity index is 2.11. The van der Waals surface area contributed by atoms with E-state index in [1.54, 1.807) is 12.1 Å². The summed E-state index contributed by atoms with van der Waals surface area (Å²) in [4.78, 5) is 19.3. The monoisotopic (exact) mass is 215 g/mol. The molecule has 1 heterocycles. The molecule has 0 spiro atoms. The van der Waals surface area contributed by atoms with Crippen LogP contribution in [0.1, 0.15) is 10.5 Å². The van der Waals surface area contributed by atoms with E-state index in [-0.39, 0.29) is 17.4 Å². The molecule has 0 saturated heterocycles. The van der Waals surface area contributed by atoms with Gasteiger partial charge in [0.2, 0.25) is 0 Å². The number of phenolic OH excluding ortho intramolecular Hbond substituents is 1. The molecule has 1 aromatic carbocycles. The molecule has 0 radical (unpaired) electrons. The van der Waals surface area contributed by atoms with Gasteiger partial charge in [-0.2, -0.15) is 0 Å². The zero-order valence-electron chi connectivity index (χ0n) is 8.29. The van der Waals surface area contributed by atoms with Crippen LogP contribution >= 0.6 is 0 Å². The van der Waals surface area contributed by atoms with E-state index >= 15 is 0 Å². The molecule has 5 heteroatoms. The molecule has 0 aliphatic heterocycles. The lowest BCUT2D eigenvalue weighted by Gasteiger charge is -2.03. The molecule has 0 unspecified atom stereocenters. The van der Waals surface area contributed by atoms with Gasteiger partial charge < -0.3 is 10.4 Å². The number of rotatable bonds is 2. The number of aromatic hydroxyl groups is 1. The first-order chi connectivity index (χ1) is 7.75. The topological polar surface area (TPSA) is 75.1 Å². The number of anilines is 1. The van der Waals surface area contributed by atoms with E-state index in [0.717, 1.165) is 0 Å². The number of hydrogen-bond donors (Lipinski definition) is 2. The van der Waals surface area contributed by atoms with E-state index in [0.29, 0.717) is 5.69 Å². The van der Waals surface area contributed by atoms with Gasteiger partial charge >= 0.3 is 0 Å². The fourth-order valence-electron chi connectivity index (χ4n) is 1.16. The van der Waals surface area contributed by atoms with Crippen molar-refractivity contribution in [3.63, 3.8) is 0 Å². The predicted octanol–water partition coefficient (Wildman–Crippen LogP) is 1.43. The molecule has 0 aliphatic rings. The van der Waals surface area contributed by atoms with Crippen molar-refractivity contribution < 1.29 is 9.90 Å². The van der Waals surface area contributed by atoms with Gasteiger partial charge in [-0.25, -0.2) is 4.98 Å². The van der Waals surface area contributed by atoms with Crippen molar-refractivity contribution in [1.82, 2.24) is 9.97 Å². The van der Waals surface area contributed by atoms with Crippen molar-refractivity contribution in [2.75, 3.05) is 5.32 Å². The van der Waals surface area contributed by atoms with Crippen molar-refractivity contribution in [2.24, 2.45) is 0 Å². The predicted molar refractivity (Wildman–Crippen MR) is 58.1 cm³/mol. The van der Waals surface area contributed by atoms with Crippen molar-refractivity contribution >= 4 is 11.6 Å². The molecule has 0 saturated carbocycles. The molecular formula is C11H9N3O2. The first kappa shape index (κ1) is 10.1. The molecule has 0 bridgehead atoms. The van der Waals surface area contributed by atoms with Crippen LogP contribution in [-0.4, -0.2) is 21.0 Å². The van der Waals surface area contributed by atoms with E-state index in [1.807, 2.05) is 0 Å². The van der Waals surface area contributed by atoms with Gasteiger partial charge in [-0.15, -0.1) is 0 Å². The van der Waals surface area contributed by atoms with Gasteiger partial charge in [0.1, 0.15) is 11.4 Å². The van der Waals surface area contributed by atoms with Crippen molar-refractivity contribution in [3.05, 3.63) is 48.5 Å². The number of carbonyl (C=O) groups is 1. The van der Waals surface area contributed by atoms with Gasteiger partial charge in [-0.1, -0.05) is 0 Å². The van der Waals surface area contributed by atoms with Crippen LogP contribution in [0.3, 0.4) is 0 Å². The first-order valence-corrected chi connectivity index (χ1v) is 4.62.